The molecule has 0 N–H and O–H groups in total. The molecular formula is C7H12O3. The molecule has 0 spiro atoms. The maximum atomic E-state index is 10.9. The summed E-state index contributed by atoms with van der Waals surface area (Å²) in [4.78, 5) is 10.9. The Morgan fingerprint density at radius 1 is 1.70 bits per heavy atom. The molecule has 58 valence electrons. The molecule has 0 saturated heterocycles. The molecule has 1 saturated carbocycles. The molecule has 1 aliphatic rings. The highest BCUT2D eigenvalue weighted by molar-refractivity contribution is 5.76. The van der Waals surface area contributed by atoms with Gasteiger partial charge >= 0.3 is 5.97 Å². The molecule has 0 aromatic heterocycles. The zero-order valence-electron chi connectivity index (χ0n) is 6.29. The Morgan fingerprint density at radius 3 is 2.80 bits per heavy atom. The van der Waals surface area contributed by atoms with Crippen LogP contribution < -0.4 is 0 Å². The van der Waals surface area contributed by atoms with Gasteiger partial charge in [0.1, 0.15) is 0 Å². The van der Waals surface area contributed by atoms with Crippen LogP contribution in [0.2, 0.25) is 0 Å². The Kier molecular flexibility index (Phi) is 2.27. The number of rotatable bonds is 3. The SMILES string of the molecule is CCOC(=O)[C@H]1C[C@@H]1OC. The lowest BCUT2D eigenvalue weighted by Crippen LogP contribution is -2.09. The van der Waals surface area contributed by atoms with Gasteiger partial charge in [-0.25, -0.2) is 0 Å². The Hall–Kier alpha value is -0.570. The van der Waals surface area contributed by atoms with Crippen molar-refractivity contribution in [3.05, 3.63) is 0 Å². The van der Waals surface area contributed by atoms with Gasteiger partial charge in [0.25, 0.3) is 0 Å². The zero-order valence-corrected chi connectivity index (χ0v) is 6.29. The van der Waals surface area contributed by atoms with Crippen molar-refractivity contribution < 1.29 is 14.3 Å². The number of ether oxygens (including phenoxy) is 2. The van der Waals surface area contributed by atoms with Crippen LogP contribution in [0, 0.1) is 5.92 Å². The lowest BCUT2D eigenvalue weighted by atomic mass is 10.4. The highest BCUT2D eigenvalue weighted by atomic mass is 16.5. The fourth-order valence-electron chi connectivity index (χ4n) is 0.930. The van der Waals surface area contributed by atoms with Gasteiger partial charge in [0, 0.05) is 7.11 Å². The van der Waals surface area contributed by atoms with Crippen LogP contribution in [-0.4, -0.2) is 25.8 Å². The van der Waals surface area contributed by atoms with E-state index in [1.807, 2.05) is 6.92 Å². The van der Waals surface area contributed by atoms with Crippen molar-refractivity contribution in [2.45, 2.75) is 19.4 Å². The number of carbonyl (C=O) groups excluding carboxylic acids is 1. The summed E-state index contributed by atoms with van der Waals surface area (Å²) in [5.41, 5.74) is 0. The van der Waals surface area contributed by atoms with Gasteiger partial charge in [0.15, 0.2) is 0 Å². The monoisotopic (exact) mass is 144 g/mol. The van der Waals surface area contributed by atoms with Crippen molar-refractivity contribution in [3.8, 4) is 0 Å². The first kappa shape index (κ1) is 7.54. The van der Waals surface area contributed by atoms with Gasteiger partial charge in [-0.15, -0.1) is 0 Å². The summed E-state index contributed by atoms with van der Waals surface area (Å²) in [5, 5.41) is 0. The van der Waals surface area contributed by atoms with E-state index >= 15 is 0 Å². The number of methoxy groups -OCH3 is 1. The summed E-state index contributed by atoms with van der Waals surface area (Å²) in [6.07, 6.45) is 0.953. The summed E-state index contributed by atoms with van der Waals surface area (Å²) < 4.78 is 9.72. The standard InChI is InChI=1S/C7H12O3/c1-3-10-7(8)5-4-6(5)9-2/h5-6H,3-4H2,1-2H3/t5-,6-/m0/s1. The van der Waals surface area contributed by atoms with E-state index in [4.69, 9.17) is 9.47 Å². The molecule has 0 aromatic rings. The van der Waals surface area contributed by atoms with Crippen LogP contribution in [0.5, 0.6) is 0 Å². The molecule has 1 rings (SSSR count). The van der Waals surface area contributed by atoms with Gasteiger partial charge in [-0.1, -0.05) is 0 Å². The van der Waals surface area contributed by atoms with Crippen LogP contribution in [0.15, 0.2) is 0 Å². The van der Waals surface area contributed by atoms with Crippen molar-refractivity contribution in [2.75, 3.05) is 13.7 Å². The average molecular weight is 144 g/mol. The van der Waals surface area contributed by atoms with Crippen LogP contribution in [0.1, 0.15) is 13.3 Å². The zero-order chi connectivity index (χ0) is 7.56. The van der Waals surface area contributed by atoms with E-state index in [1.54, 1.807) is 7.11 Å². The second-order valence-electron chi connectivity index (χ2n) is 2.37. The van der Waals surface area contributed by atoms with Crippen LogP contribution in [-0.2, 0) is 14.3 Å². The minimum atomic E-state index is -0.116. The van der Waals surface area contributed by atoms with Gasteiger partial charge in [-0.3, -0.25) is 4.79 Å². The molecule has 0 bridgehead atoms. The molecular weight excluding hydrogens is 132 g/mol. The predicted octanol–water partition coefficient (Wildman–Crippen LogP) is 0.584. The molecule has 0 heterocycles. The molecule has 3 nitrogen and oxygen atoms in total. The predicted molar refractivity (Wildman–Crippen MR) is 35.5 cm³/mol. The summed E-state index contributed by atoms with van der Waals surface area (Å²) in [6.45, 7) is 2.27. The molecule has 0 unspecified atom stereocenters. The molecule has 10 heavy (non-hydrogen) atoms. The van der Waals surface area contributed by atoms with E-state index in [0.29, 0.717) is 6.61 Å². The van der Waals surface area contributed by atoms with Crippen molar-refractivity contribution >= 4 is 5.97 Å². The Labute approximate surface area is 60.3 Å². The van der Waals surface area contributed by atoms with Crippen molar-refractivity contribution in [1.82, 2.24) is 0 Å². The minimum Gasteiger partial charge on any atom is -0.466 e. The molecule has 0 radical (unpaired) electrons. The second-order valence-corrected chi connectivity index (χ2v) is 2.37. The van der Waals surface area contributed by atoms with Gasteiger partial charge in [0.2, 0.25) is 0 Å². The third-order valence-electron chi connectivity index (χ3n) is 1.62. The summed E-state index contributed by atoms with van der Waals surface area (Å²) >= 11 is 0. The fraction of sp³-hybridized carbons (Fsp3) is 0.857. The topological polar surface area (TPSA) is 35.5 Å². The van der Waals surface area contributed by atoms with E-state index in [1.165, 1.54) is 0 Å². The Morgan fingerprint density at radius 2 is 2.40 bits per heavy atom. The smallest absolute Gasteiger partial charge is 0.311 e. The largest absolute Gasteiger partial charge is 0.466 e. The van der Waals surface area contributed by atoms with E-state index in [2.05, 4.69) is 0 Å². The van der Waals surface area contributed by atoms with E-state index in [0.717, 1.165) is 6.42 Å². The van der Waals surface area contributed by atoms with Crippen LogP contribution in [0.4, 0.5) is 0 Å². The number of hydrogen-bond acceptors (Lipinski definition) is 3. The van der Waals surface area contributed by atoms with Crippen molar-refractivity contribution in [2.24, 2.45) is 5.92 Å². The third kappa shape index (κ3) is 1.48. The summed E-state index contributed by atoms with van der Waals surface area (Å²) in [6, 6.07) is 0. The Balaban J connectivity index is 2.19. The lowest BCUT2D eigenvalue weighted by Gasteiger charge is -1.98. The fourth-order valence-corrected chi connectivity index (χ4v) is 0.930. The minimum absolute atomic E-state index is 0.0185. The molecule has 1 fully saturated rings. The van der Waals surface area contributed by atoms with E-state index in [-0.39, 0.29) is 18.0 Å². The molecule has 2 atom stereocenters. The Bertz CT molecular complexity index is 133. The van der Waals surface area contributed by atoms with Gasteiger partial charge < -0.3 is 9.47 Å². The number of carbonyl (C=O) groups is 1. The van der Waals surface area contributed by atoms with Gasteiger partial charge in [-0.2, -0.15) is 0 Å². The van der Waals surface area contributed by atoms with E-state index in [9.17, 15) is 4.79 Å². The maximum Gasteiger partial charge on any atom is 0.311 e. The lowest BCUT2D eigenvalue weighted by molar-refractivity contribution is -0.145. The van der Waals surface area contributed by atoms with Crippen molar-refractivity contribution in [1.29, 1.82) is 0 Å². The number of hydrogen-bond donors (Lipinski definition) is 0. The van der Waals surface area contributed by atoms with Crippen LogP contribution >= 0.6 is 0 Å². The average Bonchev–Trinajstić information content (AvgIpc) is 2.66. The first-order chi connectivity index (χ1) is 4.79. The van der Waals surface area contributed by atoms with Crippen LogP contribution in [0.3, 0.4) is 0 Å². The highest BCUT2D eigenvalue weighted by Crippen LogP contribution is 2.33. The third-order valence-corrected chi connectivity index (χ3v) is 1.62. The first-order valence-electron chi connectivity index (χ1n) is 3.49. The van der Waals surface area contributed by atoms with Gasteiger partial charge in [-0.05, 0) is 13.3 Å². The summed E-state index contributed by atoms with van der Waals surface area (Å²) in [5.74, 6) is -0.0979. The van der Waals surface area contributed by atoms with Crippen LogP contribution in [0.25, 0.3) is 0 Å². The van der Waals surface area contributed by atoms with Gasteiger partial charge in [0.05, 0.1) is 18.6 Å². The normalized spacial score (nSPS) is 29.8. The quantitative estimate of drug-likeness (QED) is 0.544. The van der Waals surface area contributed by atoms with E-state index < -0.39 is 0 Å². The van der Waals surface area contributed by atoms with Crippen molar-refractivity contribution in [3.63, 3.8) is 0 Å². The molecule has 1 aliphatic carbocycles. The highest BCUT2D eigenvalue weighted by Gasteiger charge is 2.44. The molecule has 0 amide bonds. The molecule has 0 aliphatic heterocycles. The number of esters is 1. The second kappa shape index (κ2) is 3.01. The maximum absolute atomic E-state index is 10.9. The first-order valence-corrected chi connectivity index (χ1v) is 3.49. The molecule has 3 heteroatoms. The summed E-state index contributed by atoms with van der Waals surface area (Å²) in [7, 11) is 1.61. The molecule has 0 aromatic carbocycles.